The Labute approximate surface area is 149 Å². The first kappa shape index (κ1) is 19.9. The molecule has 0 saturated carbocycles. The van der Waals surface area contributed by atoms with Crippen LogP contribution in [0.15, 0.2) is 24.3 Å². The number of nitrogens with zero attached hydrogens (tertiary/aromatic N) is 1. The summed E-state index contributed by atoms with van der Waals surface area (Å²) in [6.07, 6.45) is 1.47. The number of benzene rings is 1. The fraction of sp³-hybridized carbons (Fsp3) is 0.529. The molecule has 0 spiro atoms. The summed E-state index contributed by atoms with van der Waals surface area (Å²) in [6.45, 7) is 3.94. The van der Waals surface area contributed by atoms with Gasteiger partial charge in [-0.2, -0.15) is 0 Å². The summed E-state index contributed by atoms with van der Waals surface area (Å²) in [6, 6.07) is 7.04. The number of hydrogen-bond donors (Lipinski definition) is 1. The summed E-state index contributed by atoms with van der Waals surface area (Å²) in [5, 5.41) is 3.66. The Morgan fingerprint density at radius 1 is 1.26 bits per heavy atom. The van der Waals surface area contributed by atoms with E-state index in [1.807, 2.05) is 18.9 Å². The average molecular weight is 359 g/mol. The van der Waals surface area contributed by atoms with Gasteiger partial charge in [-0.05, 0) is 44.2 Å². The predicted octanol–water partition coefficient (Wildman–Crippen LogP) is 3.04. The molecule has 6 heteroatoms. The number of hydrogen-bond acceptors (Lipinski definition) is 3. The van der Waals surface area contributed by atoms with Gasteiger partial charge in [0.2, 0.25) is 5.91 Å². The summed E-state index contributed by atoms with van der Waals surface area (Å²) in [5.74, 6) is 0.317. The molecular formula is C17H24Cl2N2O2. The van der Waals surface area contributed by atoms with Crippen molar-refractivity contribution in [1.82, 2.24) is 10.2 Å². The molecule has 1 unspecified atom stereocenters. The van der Waals surface area contributed by atoms with Gasteiger partial charge in [0.05, 0.1) is 0 Å². The Bertz CT molecular complexity index is 526. The highest BCUT2D eigenvalue weighted by atomic mass is 35.5. The second-order valence-corrected chi connectivity index (χ2v) is 6.37. The Morgan fingerprint density at radius 3 is 2.35 bits per heavy atom. The normalized spacial score (nSPS) is 16.6. The summed E-state index contributed by atoms with van der Waals surface area (Å²) >= 11 is 5.85. The molecule has 2 rings (SSSR count). The Balaban J connectivity index is 0.00000264. The molecule has 0 radical (unpaired) electrons. The molecule has 23 heavy (non-hydrogen) atoms. The number of ketones is 1. The van der Waals surface area contributed by atoms with Gasteiger partial charge in [-0.3, -0.25) is 9.59 Å². The first-order valence-electron chi connectivity index (χ1n) is 7.76. The molecule has 1 aromatic carbocycles. The summed E-state index contributed by atoms with van der Waals surface area (Å²) in [4.78, 5) is 26.6. The van der Waals surface area contributed by atoms with Gasteiger partial charge in [-0.1, -0.05) is 18.5 Å². The number of rotatable bonds is 5. The van der Waals surface area contributed by atoms with Crippen molar-refractivity contribution in [3.8, 4) is 0 Å². The zero-order valence-electron chi connectivity index (χ0n) is 13.5. The third kappa shape index (κ3) is 5.20. The lowest BCUT2D eigenvalue weighted by molar-refractivity contribution is -0.136. The van der Waals surface area contributed by atoms with E-state index in [-0.39, 0.29) is 35.9 Å². The van der Waals surface area contributed by atoms with Crippen molar-refractivity contribution >= 4 is 35.7 Å². The highest BCUT2D eigenvalue weighted by Crippen LogP contribution is 2.23. The molecule has 4 nitrogen and oxygen atoms in total. The number of carbonyl (C=O) groups excluding carboxylic acids is 2. The molecule has 1 aliphatic rings. The highest BCUT2D eigenvalue weighted by molar-refractivity contribution is 6.30. The number of carbonyl (C=O) groups is 2. The number of Topliss-reactive ketones (excluding diaryl/α,β-unsaturated/α-hetero) is 1. The van der Waals surface area contributed by atoms with Gasteiger partial charge >= 0.3 is 0 Å². The van der Waals surface area contributed by atoms with Gasteiger partial charge < -0.3 is 10.2 Å². The second kappa shape index (κ2) is 9.26. The lowest BCUT2D eigenvalue weighted by atomic mass is 9.88. The van der Waals surface area contributed by atoms with Crippen molar-refractivity contribution in [3.63, 3.8) is 0 Å². The van der Waals surface area contributed by atoms with Crippen LogP contribution < -0.4 is 5.32 Å². The maximum absolute atomic E-state index is 12.5. The molecule has 1 N–H and O–H groups in total. The van der Waals surface area contributed by atoms with Gasteiger partial charge in [-0.25, -0.2) is 0 Å². The van der Waals surface area contributed by atoms with E-state index in [1.165, 1.54) is 0 Å². The van der Waals surface area contributed by atoms with Crippen molar-refractivity contribution in [2.24, 2.45) is 11.8 Å². The molecule has 1 saturated heterocycles. The molecule has 1 aromatic rings. The van der Waals surface area contributed by atoms with Crippen LogP contribution in [-0.2, 0) is 4.79 Å². The smallest absolute Gasteiger partial charge is 0.226 e. The molecule has 1 atom stereocenters. The van der Waals surface area contributed by atoms with E-state index in [4.69, 9.17) is 11.6 Å². The van der Waals surface area contributed by atoms with Gasteiger partial charge in [0.1, 0.15) is 0 Å². The lowest BCUT2D eigenvalue weighted by Gasteiger charge is -2.33. The SMILES string of the molecule is CNCC(C)C(=O)N1CCC(C(=O)c2ccc(Cl)cc2)CC1.Cl. The van der Waals surface area contributed by atoms with Gasteiger partial charge in [0, 0.05) is 42.1 Å². The Morgan fingerprint density at radius 2 is 1.83 bits per heavy atom. The molecule has 1 heterocycles. The first-order chi connectivity index (χ1) is 10.5. The Hall–Kier alpha value is -1.10. The van der Waals surface area contributed by atoms with E-state index in [0.717, 1.165) is 12.8 Å². The average Bonchev–Trinajstić information content (AvgIpc) is 2.54. The van der Waals surface area contributed by atoms with E-state index >= 15 is 0 Å². The van der Waals surface area contributed by atoms with Crippen LogP contribution >= 0.6 is 24.0 Å². The lowest BCUT2D eigenvalue weighted by Crippen LogP contribution is -2.44. The second-order valence-electron chi connectivity index (χ2n) is 5.93. The van der Waals surface area contributed by atoms with E-state index in [0.29, 0.717) is 30.2 Å². The summed E-state index contributed by atoms with van der Waals surface area (Å²) in [7, 11) is 1.85. The molecule has 0 bridgehead atoms. The number of likely N-dealkylation sites (tertiary alicyclic amines) is 1. The number of amides is 1. The van der Waals surface area contributed by atoms with Crippen molar-refractivity contribution in [2.75, 3.05) is 26.7 Å². The van der Waals surface area contributed by atoms with E-state index < -0.39 is 0 Å². The summed E-state index contributed by atoms with van der Waals surface area (Å²) in [5.41, 5.74) is 0.706. The quantitative estimate of drug-likeness (QED) is 0.823. The monoisotopic (exact) mass is 358 g/mol. The minimum Gasteiger partial charge on any atom is -0.342 e. The molecule has 1 aliphatic heterocycles. The van der Waals surface area contributed by atoms with Crippen LogP contribution in [-0.4, -0.2) is 43.3 Å². The largest absolute Gasteiger partial charge is 0.342 e. The van der Waals surface area contributed by atoms with Crippen LogP contribution in [0.1, 0.15) is 30.1 Å². The molecule has 0 aliphatic carbocycles. The predicted molar refractivity (Wildman–Crippen MR) is 95.4 cm³/mol. The van der Waals surface area contributed by atoms with Gasteiger partial charge in [0.25, 0.3) is 0 Å². The number of nitrogens with one attached hydrogen (secondary N) is 1. The fourth-order valence-corrected chi connectivity index (χ4v) is 3.04. The maximum Gasteiger partial charge on any atom is 0.226 e. The zero-order chi connectivity index (χ0) is 16.1. The highest BCUT2D eigenvalue weighted by Gasteiger charge is 2.29. The van der Waals surface area contributed by atoms with E-state index in [2.05, 4.69) is 5.32 Å². The third-order valence-corrected chi connectivity index (χ3v) is 4.49. The van der Waals surface area contributed by atoms with Crippen LogP contribution in [0.5, 0.6) is 0 Å². The van der Waals surface area contributed by atoms with Crippen LogP contribution in [0.3, 0.4) is 0 Å². The molecule has 0 aromatic heterocycles. The molecule has 1 amide bonds. The van der Waals surface area contributed by atoms with Crippen LogP contribution in [0, 0.1) is 11.8 Å². The van der Waals surface area contributed by atoms with Crippen LogP contribution in [0.4, 0.5) is 0 Å². The first-order valence-corrected chi connectivity index (χ1v) is 8.14. The maximum atomic E-state index is 12.5. The standard InChI is InChI=1S/C17H23ClN2O2.ClH/c1-12(11-19-2)17(22)20-9-7-14(8-10-20)16(21)13-3-5-15(18)6-4-13;/h3-6,12,14,19H,7-11H2,1-2H3;1H. The van der Waals surface area contributed by atoms with Crippen molar-refractivity contribution in [1.29, 1.82) is 0 Å². The molecular weight excluding hydrogens is 335 g/mol. The van der Waals surface area contributed by atoms with Crippen LogP contribution in [0.2, 0.25) is 5.02 Å². The zero-order valence-corrected chi connectivity index (χ0v) is 15.1. The van der Waals surface area contributed by atoms with E-state index in [1.54, 1.807) is 24.3 Å². The Kier molecular flexibility index (Phi) is 8.03. The summed E-state index contributed by atoms with van der Waals surface area (Å²) < 4.78 is 0. The van der Waals surface area contributed by atoms with E-state index in [9.17, 15) is 9.59 Å². The van der Waals surface area contributed by atoms with Crippen LogP contribution in [0.25, 0.3) is 0 Å². The van der Waals surface area contributed by atoms with Crippen molar-refractivity contribution < 1.29 is 9.59 Å². The van der Waals surface area contributed by atoms with Crippen molar-refractivity contribution in [3.05, 3.63) is 34.9 Å². The third-order valence-electron chi connectivity index (χ3n) is 4.24. The topological polar surface area (TPSA) is 49.4 Å². The minimum atomic E-state index is -0.0199. The fourth-order valence-electron chi connectivity index (χ4n) is 2.92. The van der Waals surface area contributed by atoms with Crippen molar-refractivity contribution in [2.45, 2.75) is 19.8 Å². The molecule has 128 valence electrons. The molecule has 1 fully saturated rings. The number of piperidine rings is 1. The van der Waals surface area contributed by atoms with Gasteiger partial charge in [0.15, 0.2) is 5.78 Å². The number of halogens is 2. The minimum absolute atomic E-state index is 0. The van der Waals surface area contributed by atoms with Gasteiger partial charge in [-0.15, -0.1) is 12.4 Å².